The Hall–Kier alpha value is -2.36. The Kier molecular flexibility index (Phi) is 4.50. The first-order valence-corrected chi connectivity index (χ1v) is 6.04. The third-order valence-electron chi connectivity index (χ3n) is 2.56. The first-order valence-electron chi connectivity index (χ1n) is 6.04. The summed E-state index contributed by atoms with van der Waals surface area (Å²) in [4.78, 5) is 0. The molecule has 19 heavy (non-hydrogen) atoms. The molecule has 0 fully saturated rings. The molecule has 0 unspecified atom stereocenters. The van der Waals surface area contributed by atoms with E-state index in [0.29, 0.717) is 19.0 Å². The Morgan fingerprint density at radius 3 is 2.16 bits per heavy atom. The fourth-order valence-corrected chi connectivity index (χ4v) is 1.61. The van der Waals surface area contributed by atoms with Crippen LogP contribution in [0.15, 0.2) is 48.5 Å². The second-order valence-corrected chi connectivity index (χ2v) is 3.92. The number of hydrogen-bond acceptors (Lipinski definition) is 4. The van der Waals surface area contributed by atoms with Gasteiger partial charge in [-0.25, -0.2) is 0 Å². The van der Waals surface area contributed by atoms with Crippen LogP contribution in [0.4, 0.5) is 5.69 Å². The van der Waals surface area contributed by atoms with Crippen LogP contribution in [-0.2, 0) is 0 Å². The van der Waals surface area contributed by atoms with Crippen LogP contribution in [0.1, 0.15) is 0 Å². The summed E-state index contributed by atoms with van der Waals surface area (Å²) in [5.74, 6) is 2.21. The molecule has 4 heteroatoms. The van der Waals surface area contributed by atoms with Gasteiger partial charge in [0.25, 0.3) is 0 Å². The maximum Gasteiger partial charge on any atom is 0.161 e. The molecule has 4 nitrogen and oxygen atoms in total. The Morgan fingerprint density at radius 1 is 0.842 bits per heavy atom. The van der Waals surface area contributed by atoms with Crippen molar-refractivity contribution in [1.29, 1.82) is 0 Å². The van der Waals surface area contributed by atoms with Crippen LogP contribution in [-0.4, -0.2) is 20.3 Å². The predicted octanol–water partition coefficient (Wildman–Crippen LogP) is 2.74. The summed E-state index contributed by atoms with van der Waals surface area (Å²) in [5, 5.41) is 0. The van der Waals surface area contributed by atoms with Crippen LogP contribution in [0.25, 0.3) is 0 Å². The number of nitrogen functional groups attached to an aromatic ring is 1. The van der Waals surface area contributed by atoms with Gasteiger partial charge in [0.15, 0.2) is 11.5 Å². The van der Waals surface area contributed by atoms with Crippen molar-refractivity contribution in [2.24, 2.45) is 0 Å². The third kappa shape index (κ3) is 3.81. The first-order chi connectivity index (χ1) is 9.29. The molecule has 2 rings (SSSR count). The molecule has 0 saturated carbocycles. The number of benzene rings is 2. The highest BCUT2D eigenvalue weighted by atomic mass is 16.5. The number of methoxy groups -OCH3 is 1. The van der Waals surface area contributed by atoms with E-state index in [0.717, 1.165) is 17.2 Å². The second-order valence-electron chi connectivity index (χ2n) is 3.92. The average molecular weight is 259 g/mol. The van der Waals surface area contributed by atoms with Gasteiger partial charge in [0.2, 0.25) is 0 Å². The van der Waals surface area contributed by atoms with Crippen LogP contribution in [0, 0.1) is 0 Å². The predicted molar refractivity (Wildman–Crippen MR) is 74.8 cm³/mol. The maximum absolute atomic E-state index is 5.60. The molecule has 0 amide bonds. The highest BCUT2D eigenvalue weighted by Gasteiger charge is 2.02. The van der Waals surface area contributed by atoms with Crippen molar-refractivity contribution in [3.05, 3.63) is 48.5 Å². The van der Waals surface area contributed by atoms with Crippen LogP contribution in [0.3, 0.4) is 0 Å². The number of hydrogen-bond donors (Lipinski definition) is 1. The molecule has 0 radical (unpaired) electrons. The lowest BCUT2D eigenvalue weighted by atomic mass is 10.3. The van der Waals surface area contributed by atoms with Gasteiger partial charge in [-0.15, -0.1) is 0 Å². The van der Waals surface area contributed by atoms with Gasteiger partial charge in [-0.2, -0.15) is 0 Å². The fourth-order valence-electron chi connectivity index (χ4n) is 1.61. The van der Waals surface area contributed by atoms with Crippen LogP contribution in [0.2, 0.25) is 0 Å². The molecular weight excluding hydrogens is 242 g/mol. The highest BCUT2D eigenvalue weighted by molar-refractivity contribution is 5.41. The molecule has 0 bridgehead atoms. The van der Waals surface area contributed by atoms with Crippen LogP contribution < -0.4 is 19.9 Å². The van der Waals surface area contributed by atoms with Gasteiger partial charge in [0.05, 0.1) is 7.11 Å². The number of rotatable bonds is 6. The van der Waals surface area contributed by atoms with E-state index in [4.69, 9.17) is 19.9 Å². The maximum atomic E-state index is 5.60. The number of para-hydroxylation sites is 2. The monoisotopic (exact) mass is 259 g/mol. The average Bonchev–Trinajstić information content (AvgIpc) is 2.46. The zero-order valence-electron chi connectivity index (χ0n) is 10.8. The summed E-state index contributed by atoms with van der Waals surface area (Å²) >= 11 is 0. The second kappa shape index (κ2) is 6.54. The summed E-state index contributed by atoms with van der Waals surface area (Å²) in [5.41, 5.74) is 6.32. The molecule has 0 aliphatic carbocycles. The van der Waals surface area contributed by atoms with Gasteiger partial charge in [-0.1, -0.05) is 12.1 Å². The molecule has 2 aromatic carbocycles. The SMILES string of the molecule is COc1ccccc1OCCOc1ccc(N)cc1. The van der Waals surface area contributed by atoms with E-state index < -0.39 is 0 Å². The lowest BCUT2D eigenvalue weighted by Crippen LogP contribution is -2.09. The van der Waals surface area contributed by atoms with Crippen molar-refractivity contribution in [1.82, 2.24) is 0 Å². The van der Waals surface area contributed by atoms with E-state index >= 15 is 0 Å². The third-order valence-corrected chi connectivity index (χ3v) is 2.56. The van der Waals surface area contributed by atoms with Crippen LogP contribution >= 0.6 is 0 Å². The summed E-state index contributed by atoms with van der Waals surface area (Å²) in [6.07, 6.45) is 0. The minimum atomic E-state index is 0.449. The zero-order chi connectivity index (χ0) is 13.5. The van der Waals surface area contributed by atoms with E-state index in [1.54, 1.807) is 19.2 Å². The van der Waals surface area contributed by atoms with E-state index in [2.05, 4.69) is 0 Å². The standard InChI is InChI=1S/C15H17NO3/c1-17-14-4-2-3-5-15(14)19-11-10-18-13-8-6-12(16)7-9-13/h2-9H,10-11,16H2,1H3. The van der Waals surface area contributed by atoms with E-state index in [1.165, 1.54) is 0 Å². The largest absolute Gasteiger partial charge is 0.493 e. The lowest BCUT2D eigenvalue weighted by Gasteiger charge is -2.11. The molecule has 0 aromatic heterocycles. The Morgan fingerprint density at radius 2 is 1.47 bits per heavy atom. The smallest absolute Gasteiger partial charge is 0.161 e. The van der Waals surface area contributed by atoms with Crippen molar-refractivity contribution in [3.8, 4) is 17.2 Å². The normalized spacial score (nSPS) is 9.95. The Labute approximate surface area is 112 Å². The number of ether oxygens (including phenoxy) is 3. The van der Waals surface area contributed by atoms with E-state index in [-0.39, 0.29) is 0 Å². The lowest BCUT2D eigenvalue weighted by molar-refractivity contribution is 0.211. The quantitative estimate of drug-likeness (QED) is 0.640. The van der Waals surface area contributed by atoms with Crippen molar-refractivity contribution >= 4 is 5.69 Å². The van der Waals surface area contributed by atoms with Gasteiger partial charge in [-0.05, 0) is 36.4 Å². The minimum Gasteiger partial charge on any atom is -0.493 e. The van der Waals surface area contributed by atoms with Crippen LogP contribution in [0.5, 0.6) is 17.2 Å². The van der Waals surface area contributed by atoms with E-state index in [9.17, 15) is 0 Å². The van der Waals surface area contributed by atoms with Crippen molar-refractivity contribution in [2.75, 3.05) is 26.1 Å². The first kappa shape index (κ1) is 13.1. The molecule has 2 N–H and O–H groups in total. The Bertz CT molecular complexity index is 511. The fraction of sp³-hybridized carbons (Fsp3) is 0.200. The summed E-state index contributed by atoms with van der Waals surface area (Å²) < 4.78 is 16.3. The molecule has 0 aliphatic rings. The summed E-state index contributed by atoms with van der Waals surface area (Å²) in [7, 11) is 1.62. The minimum absolute atomic E-state index is 0.449. The molecule has 0 aliphatic heterocycles. The molecule has 0 saturated heterocycles. The summed E-state index contributed by atoms with van der Waals surface area (Å²) in [6.45, 7) is 0.909. The van der Waals surface area contributed by atoms with Gasteiger partial charge < -0.3 is 19.9 Å². The molecule has 2 aromatic rings. The topological polar surface area (TPSA) is 53.7 Å². The zero-order valence-corrected chi connectivity index (χ0v) is 10.8. The van der Waals surface area contributed by atoms with Gasteiger partial charge in [0.1, 0.15) is 19.0 Å². The van der Waals surface area contributed by atoms with Crippen molar-refractivity contribution in [3.63, 3.8) is 0 Å². The molecule has 100 valence electrons. The van der Waals surface area contributed by atoms with Gasteiger partial charge in [0, 0.05) is 5.69 Å². The van der Waals surface area contributed by atoms with Crippen molar-refractivity contribution < 1.29 is 14.2 Å². The molecule has 0 heterocycles. The summed E-state index contributed by atoms with van der Waals surface area (Å²) in [6, 6.07) is 14.8. The Balaban J connectivity index is 1.79. The molecule has 0 atom stereocenters. The van der Waals surface area contributed by atoms with Crippen molar-refractivity contribution in [2.45, 2.75) is 0 Å². The highest BCUT2D eigenvalue weighted by Crippen LogP contribution is 2.25. The van der Waals surface area contributed by atoms with Gasteiger partial charge in [-0.3, -0.25) is 0 Å². The number of nitrogens with two attached hydrogens (primary N) is 1. The molecular formula is C15H17NO3. The number of anilines is 1. The van der Waals surface area contributed by atoms with E-state index in [1.807, 2.05) is 36.4 Å². The van der Waals surface area contributed by atoms with Gasteiger partial charge >= 0.3 is 0 Å². The molecule has 0 spiro atoms.